The van der Waals surface area contributed by atoms with Crippen molar-refractivity contribution in [2.75, 3.05) is 6.54 Å². The third kappa shape index (κ3) is 2.12. The minimum atomic E-state index is -0.325. The van der Waals surface area contributed by atoms with Gasteiger partial charge in [0.2, 0.25) is 0 Å². The second kappa shape index (κ2) is 3.05. The molecule has 0 aliphatic carbocycles. The maximum absolute atomic E-state index is 5.86. The molecular weight excluding hydrogens is 158 g/mol. The van der Waals surface area contributed by atoms with Gasteiger partial charge in [-0.1, -0.05) is 11.8 Å². The average molecular weight is 173 g/mol. The van der Waals surface area contributed by atoms with Crippen LogP contribution in [-0.4, -0.2) is 11.5 Å². The van der Waals surface area contributed by atoms with Crippen LogP contribution in [0.5, 0.6) is 0 Å². The zero-order valence-electron chi connectivity index (χ0n) is 6.98. The largest absolute Gasteiger partial charge is 0.362 e. The van der Waals surface area contributed by atoms with Crippen LogP contribution in [0.25, 0.3) is 0 Å². The summed E-state index contributed by atoms with van der Waals surface area (Å²) in [5.74, 6) is 0. The highest BCUT2D eigenvalue weighted by atomic mass is 32.2. The molecule has 0 aromatic heterocycles. The van der Waals surface area contributed by atoms with Gasteiger partial charge in [-0.15, -0.1) is 0 Å². The van der Waals surface area contributed by atoms with Gasteiger partial charge in [0.05, 0.1) is 0 Å². The van der Waals surface area contributed by atoms with Crippen LogP contribution in [0.1, 0.15) is 20.3 Å². The number of allylic oxidation sites excluding steroid dienone is 1. The third-order valence-corrected chi connectivity index (χ3v) is 2.84. The van der Waals surface area contributed by atoms with Crippen LogP contribution >= 0.6 is 11.8 Å². The first-order valence-corrected chi connectivity index (χ1v) is 4.53. The van der Waals surface area contributed by atoms with Crippen molar-refractivity contribution in [3.8, 4) is 0 Å². The number of nitrogens with two attached hydrogens (primary N) is 2. The summed E-state index contributed by atoms with van der Waals surface area (Å²) < 4.78 is 0. The van der Waals surface area contributed by atoms with E-state index in [0.717, 1.165) is 6.42 Å². The molecule has 3 nitrogen and oxygen atoms in total. The normalized spacial score (nSPS) is 30.9. The summed E-state index contributed by atoms with van der Waals surface area (Å²) in [4.78, 5) is 0.965. The molecule has 0 bridgehead atoms. The van der Waals surface area contributed by atoms with Crippen LogP contribution in [0.3, 0.4) is 0 Å². The summed E-state index contributed by atoms with van der Waals surface area (Å²) in [5.41, 5.74) is 12.5. The van der Waals surface area contributed by atoms with E-state index in [0.29, 0.717) is 6.54 Å². The summed E-state index contributed by atoms with van der Waals surface area (Å²) in [6, 6.07) is 0. The van der Waals surface area contributed by atoms with Gasteiger partial charge in [-0.2, -0.15) is 0 Å². The van der Waals surface area contributed by atoms with Crippen molar-refractivity contribution in [3.63, 3.8) is 0 Å². The van der Waals surface area contributed by atoms with Gasteiger partial charge in [0.25, 0.3) is 0 Å². The van der Waals surface area contributed by atoms with E-state index >= 15 is 0 Å². The number of hydrogen-bond donors (Lipinski definition) is 3. The lowest BCUT2D eigenvalue weighted by atomic mass is 10.3. The quantitative estimate of drug-likeness (QED) is 0.570. The number of nitrogens with one attached hydrogen (secondary N) is 1. The Bertz CT molecular complexity index is 186. The van der Waals surface area contributed by atoms with Gasteiger partial charge in [0.1, 0.15) is 4.99 Å². The molecule has 1 unspecified atom stereocenters. The molecule has 0 aromatic rings. The van der Waals surface area contributed by atoms with Crippen LogP contribution in [0, 0.1) is 0 Å². The Morgan fingerprint density at radius 1 is 1.64 bits per heavy atom. The molecule has 1 heterocycles. The number of rotatable bonds is 2. The molecule has 1 aliphatic rings. The molecule has 0 amide bonds. The molecular formula is C7H15N3S. The number of thioether (sulfide) groups is 1. The van der Waals surface area contributed by atoms with Gasteiger partial charge in [-0.3, -0.25) is 0 Å². The minimum Gasteiger partial charge on any atom is -0.362 e. The van der Waals surface area contributed by atoms with Crippen LogP contribution in [0.4, 0.5) is 0 Å². The second-order valence-electron chi connectivity index (χ2n) is 2.92. The van der Waals surface area contributed by atoms with Crippen molar-refractivity contribution in [2.24, 2.45) is 11.5 Å². The van der Waals surface area contributed by atoms with Crippen molar-refractivity contribution < 1.29 is 0 Å². The average Bonchev–Trinajstić information content (AvgIpc) is 2.07. The van der Waals surface area contributed by atoms with Gasteiger partial charge in [0, 0.05) is 10.6 Å². The molecule has 1 atom stereocenters. The Kier molecular flexibility index (Phi) is 2.47. The molecule has 11 heavy (non-hydrogen) atoms. The fraction of sp³-hybridized carbons (Fsp3) is 0.714. The van der Waals surface area contributed by atoms with Gasteiger partial charge >= 0.3 is 0 Å². The molecule has 0 saturated carbocycles. The highest BCUT2D eigenvalue weighted by molar-refractivity contribution is 8.04. The molecule has 0 spiro atoms. The van der Waals surface area contributed by atoms with E-state index in [-0.39, 0.29) is 4.99 Å². The first-order valence-electron chi connectivity index (χ1n) is 3.71. The first-order chi connectivity index (χ1) is 5.05. The van der Waals surface area contributed by atoms with Crippen LogP contribution in [-0.2, 0) is 0 Å². The van der Waals surface area contributed by atoms with Crippen molar-refractivity contribution in [1.29, 1.82) is 0 Å². The third-order valence-electron chi connectivity index (χ3n) is 1.56. The molecule has 5 N–H and O–H groups in total. The topological polar surface area (TPSA) is 64.1 Å². The van der Waals surface area contributed by atoms with Crippen molar-refractivity contribution >= 4 is 11.8 Å². The van der Waals surface area contributed by atoms with E-state index < -0.39 is 0 Å². The molecule has 4 heteroatoms. The predicted octanol–water partition coefficient (Wildman–Crippen LogP) is 0.536. The molecule has 64 valence electrons. The standard InChI is InChI=1S/C7H15N3S/c1-5-6(3-4-8)11-7(2,9)10-5/h10H,3-4,8-9H2,1-2H3. The Morgan fingerprint density at radius 2 is 2.27 bits per heavy atom. The van der Waals surface area contributed by atoms with Crippen LogP contribution in [0.15, 0.2) is 10.6 Å². The van der Waals surface area contributed by atoms with E-state index in [9.17, 15) is 0 Å². The molecule has 0 radical (unpaired) electrons. The Morgan fingerprint density at radius 3 is 2.64 bits per heavy atom. The van der Waals surface area contributed by atoms with Crippen LogP contribution in [0.2, 0.25) is 0 Å². The van der Waals surface area contributed by atoms with E-state index in [4.69, 9.17) is 11.5 Å². The van der Waals surface area contributed by atoms with Crippen molar-refractivity contribution in [1.82, 2.24) is 5.32 Å². The van der Waals surface area contributed by atoms with E-state index in [1.165, 1.54) is 10.6 Å². The monoisotopic (exact) mass is 173 g/mol. The maximum atomic E-state index is 5.86. The second-order valence-corrected chi connectivity index (χ2v) is 4.47. The van der Waals surface area contributed by atoms with Crippen molar-refractivity contribution in [3.05, 3.63) is 10.6 Å². The predicted molar refractivity (Wildman–Crippen MR) is 49.7 cm³/mol. The lowest BCUT2D eigenvalue weighted by Crippen LogP contribution is -2.43. The smallest absolute Gasteiger partial charge is 0.135 e. The summed E-state index contributed by atoms with van der Waals surface area (Å²) in [7, 11) is 0. The highest BCUT2D eigenvalue weighted by Gasteiger charge is 2.28. The Balaban J connectivity index is 2.60. The number of hydrogen-bond acceptors (Lipinski definition) is 4. The maximum Gasteiger partial charge on any atom is 0.135 e. The summed E-state index contributed by atoms with van der Waals surface area (Å²) >= 11 is 1.67. The summed E-state index contributed by atoms with van der Waals surface area (Å²) in [5, 5.41) is 3.19. The van der Waals surface area contributed by atoms with E-state index in [2.05, 4.69) is 5.32 Å². The molecule has 1 rings (SSSR count). The fourth-order valence-corrected chi connectivity index (χ4v) is 2.31. The lowest BCUT2D eigenvalue weighted by Gasteiger charge is -2.18. The molecule has 1 aliphatic heterocycles. The fourth-order valence-electron chi connectivity index (χ4n) is 1.17. The Hall–Kier alpha value is -0.190. The summed E-state index contributed by atoms with van der Waals surface area (Å²) in [6.07, 6.45) is 0.927. The molecule has 0 aromatic carbocycles. The zero-order valence-corrected chi connectivity index (χ0v) is 7.79. The van der Waals surface area contributed by atoms with Crippen molar-refractivity contribution in [2.45, 2.75) is 25.3 Å². The Labute approximate surface area is 71.6 Å². The highest BCUT2D eigenvalue weighted by Crippen LogP contribution is 2.36. The molecule has 0 fully saturated rings. The van der Waals surface area contributed by atoms with Crippen LogP contribution < -0.4 is 16.8 Å². The lowest BCUT2D eigenvalue weighted by molar-refractivity contribution is 0.596. The van der Waals surface area contributed by atoms with Gasteiger partial charge in [0.15, 0.2) is 0 Å². The SMILES string of the molecule is CC1=C(CCN)SC(C)(N)N1. The zero-order chi connectivity index (χ0) is 8.48. The summed E-state index contributed by atoms with van der Waals surface area (Å²) in [6.45, 7) is 4.69. The van der Waals surface area contributed by atoms with Gasteiger partial charge in [-0.25, -0.2) is 0 Å². The minimum absolute atomic E-state index is 0.325. The van der Waals surface area contributed by atoms with E-state index in [1.54, 1.807) is 11.8 Å². The van der Waals surface area contributed by atoms with Gasteiger partial charge in [-0.05, 0) is 26.8 Å². The molecule has 0 saturated heterocycles. The van der Waals surface area contributed by atoms with E-state index in [1.807, 2.05) is 13.8 Å². The first kappa shape index (κ1) is 8.90. The van der Waals surface area contributed by atoms with Gasteiger partial charge < -0.3 is 16.8 Å².